The third kappa shape index (κ3) is 3.72. The van der Waals surface area contributed by atoms with Gasteiger partial charge in [0.1, 0.15) is 5.82 Å². The van der Waals surface area contributed by atoms with Crippen molar-refractivity contribution in [3.63, 3.8) is 0 Å². The second-order valence-electron chi connectivity index (χ2n) is 4.89. The van der Waals surface area contributed by atoms with Crippen LogP contribution in [0.5, 0.6) is 0 Å². The zero-order valence-corrected chi connectivity index (χ0v) is 11.9. The highest BCUT2D eigenvalue weighted by Gasteiger charge is 2.20. The van der Waals surface area contributed by atoms with Gasteiger partial charge in [-0.2, -0.15) is 0 Å². The number of benzene rings is 1. The lowest BCUT2D eigenvalue weighted by molar-refractivity contribution is 0.487. The second-order valence-corrected chi connectivity index (χ2v) is 6.02. The van der Waals surface area contributed by atoms with Crippen LogP contribution in [0.4, 0.5) is 4.39 Å². The quantitative estimate of drug-likeness (QED) is 0.760. The Balaban J connectivity index is 1.89. The average molecular weight is 267 g/mol. The van der Waals surface area contributed by atoms with E-state index in [1.165, 1.54) is 30.6 Å². The van der Waals surface area contributed by atoms with Crippen molar-refractivity contribution in [2.75, 3.05) is 12.3 Å². The molecule has 1 nitrogen and oxygen atoms in total. The summed E-state index contributed by atoms with van der Waals surface area (Å²) in [5.41, 5.74) is 1.15. The number of hydrogen-bond acceptors (Lipinski definition) is 2. The van der Waals surface area contributed by atoms with Gasteiger partial charge in [0.05, 0.1) is 0 Å². The molecule has 1 aliphatic rings. The summed E-state index contributed by atoms with van der Waals surface area (Å²) in [6.07, 6.45) is 6.21. The summed E-state index contributed by atoms with van der Waals surface area (Å²) in [6.45, 7) is 3.27. The molecule has 0 amide bonds. The maximum Gasteiger partial charge on any atom is 0.123 e. The molecule has 1 aromatic carbocycles. The molecule has 0 saturated carbocycles. The normalized spacial score (nSPS) is 18.7. The summed E-state index contributed by atoms with van der Waals surface area (Å²) in [7, 11) is 0. The molecule has 0 radical (unpaired) electrons. The number of hydrogen-bond donors (Lipinski definition) is 1. The second kappa shape index (κ2) is 7.15. The number of unbranched alkanes of at least 4 members (excludes halogenated alkanes) is 3. The van der Waals surface area contributed by atoms with Crippen LogP contribution in [0.2, 0.25) is 0 Å². The Morgan fingerprint density at radius 2 is 2.22 bits per heavy atom. The van der Waals surface area contributed by atoms with E-state index in [4.69, 9.17) is 0 Å². The molecular weight excluding hydrogens is 245 g/mol. The Bertz CT molecular complexity index is 381. The molecule has 0 aromatic heterocycles. The lowest BCUT2D eigenvalue weighted by Gasteiger charge is -2.26. The van der Waals surface area contributed by atoms with Gasteiger partial charge in [-0.05, 0) is 48.9 Å². The van der Waals surface area contributed by atoms with Crippen molar-refractivity contribution in [2.24, 2.45) is 0 Å². The number of rotatable bonds is 6. The highest BCUT2D eigenvalue weighted by molar-refractivity contribution is 7.99. The maximum atomic E-state index is 13.3. The Kier molecular flexibility index (Phi) is 5.51. The van der Waals surface area contributed by atoms with Crippen LogP contribution in [0.3, 0.4) is 0 Å². The fraction of sp³-hybridized carbons (Fsp3) is 0.600. The zero-order valence-electron chi connectivity index (χ0n) is 11.0. The molecule has 0 bridgehead atoms. The van der Waals surface area contributed by atoms with E-state index in [9.17, 15) is 4.39 Å². The van der Waals surface area contributed by atoms with Crippen LogP contribution in [-0.4, -0.2) is 12.3 Å². The Morgan fingerprint density at radius 3 is 3.06 bits per heavy atom. The first-order valence-electron chi connectivity index (χ1n) is 6.97. The monoisotopic (exact) mass is 267 g/mol. The van der Waals surface area contributed by atoms with Crippen LogP contribution in [0.1, 0.15) is 50.6 Å². The number of thioether (sulfide) groups is 1. The molecule has 100 valence electrons. The first-order valence-corrected chi connectivity index (χ1v) is 7.95. The molecule has 1 atom stereocenters. The van der Waals surface area contributed by atoms with Crippen molar-refractivity contribution in [2.45, 2.75) is 50.0 Å². The van der Waals surface area contributed by atoms with Crippen LogP contribution in [0, 0.1) is 5.82 Å². The summed E-state index contributed by atoms with van der Waals surface area (Å²) in [4.78, 5) is 1.24. The van der Waals surface area contributed by atoms with E-state index >= 15 is 0 Å². The molecule has 1 N–H and O–H groups in total. The molecule has 1 unspecified atom stereocenters. The van der Waals surface area contributed by atoms with Gasteiger partial charge in [-0.25, -0.2) is 4.39 Å². The summed E-state index contributed by atoms with van der Waals surface area (Å²) >= 11 is 1.84. The van der Waals surface area contributed by atoms with E-state index < -0.39 is 0 Å². The maximum absolute atomic E-state index is 13.3. The Hall–Kier alpha value is -0.540. The summed E-state index contributed by atoms with van der Waals surface area (Å²) in [5.74, 6) is 1.01. The molecule has 3 heteroatoms. The minimum Gasteiger partial charge on any atom is -0.310 e. The third-order valence-corrected chi connectivity index (χ3v) is 4.56. The first-order chi connectivity index (χ1) is 8.81. The first kappa shape index (κ1) is 13.9. The van der Waals surface area contributed by atoms with Gasteiger partial charge in [0.2, 0.25) is 0 Å². The van der Waals surface area contributed by atoms with Gasteiger partial charge in [-0.1, -0.05) is 26.2 Å². The lowest BCUT2D eigenvalue weighted by Crippen LogP contribution is -2.25. The Morgan fingerprint density at radius 1 is 1.33 bits per heavy atom. The molecule has 0 fully saturated rings. The van der Waals surface area contributed by atoms with Gasteiger partial charge < -0.3 is 5.32 Å². The van der Waals surface area contributed by atoms with Gasteiger partial charge in [-0.15, -0.1) is 11.8 Å². The van der Waals surface area contributed by atoms with Crippen LogP contribution in [0.25, 0.3) is 0 Å². The molecular formula is C15H22FNS. The molecule has 1 heterocycles. The van der Waals surface area contributed by atoms with E-state index in [1.54, 1.807) is 12.1 Å². The Labute approximate surface area is 114 Å². The van der Waals surface area contributed by atoms with Gasteiger partial charge in [0, 0.05) is 10.9 Å². The van der Waals surface area contributed by atoms with Crippen LogP contribution in [0.15, 0.2) is 23.1 Å². The van der Waals surface area contributed by atoms with Gasteiger partial charge in [-0.3, -0.25) is 0 Å². The number of halogens is 1. The van der Waals surface area contributed by atoms with E-state index in [2.05, 4.69) is 12.2 Å². The highest BCUT2D eigenvalue weighted by Crippen LogP contribution is 2.36. The van der Waals surface area contributed by atoms with Crippen LogP contribution in [-0.2, 0) is 0 Å². The fourth-order valence-electron chi connectivity index (χ4n) is 2.41. The molecule has 18 heavy (non-hydrogen) atoms. The minimum absolute atomic E-state index is 0.117. The van der Waals surface area contributed by atoms with E-state index in [-0.39, 0.29) is 5.82 Å². The van der Waals surface area contributed by atoms with Crippen molar-refractivity contribution >= 4 is 11.8 Å². The molecule has 0 aliphatic carbocycles. The predicted octanol–water partition coefficient (Wildman–Crippen LogP) is 4.53. The number of fused-ring (bicyclic) bond motifs is 1. The highest BCUT2D eigenvalue weighted by atomic mass is 32.2. The zero-order chi connectivity index (χ0) is 12.8. The summed E-state index contributed by atoms with van der Waals surface area (Å²) in [6, 6.07) is 5.53. The SMILES string of the molecule is CCCCCCNC1CCSc2ccc(F)cc21. The van der Waals surface area contributed by atoms with Crippen LogP contribution >= 0.6 is 11.8 Å². The van der Waals surface area contributed by atoms with Gasteiger partial charge in [0.25, 0.3) is 0 Å². The summed E-state index contributed by atoms with van der Waals surface area (Å²) in [5, 5.41) is 3.58. The van der Waals surface area contributed by atoms with Gasteiger partial charge in [0.15, 0.2) is 0 Å². The van der Waals surface area contributed by atoms with E-state index in [0.29, 0.717) is 6.04 Å². The van der Waals surface area contributed by atoms with Crippen molar-refractivity contribution in [3.8, 4) is 0 Å². The van der Waals surface area contributed by atoms with E-state index in [0.717, 1.165) is 24.3 Å². The molecule has 0 spiro atoms. The van der Waals surface area contributed by atoms with Crippen molar-refractivity contribution in [1.82, 2.24) is 5.32 Å². The molecule has 1 aromatic rings. The summed E-state index contributed by atoms with van der Waals surface area (Å²) < 4.78 is 13.3. The van der Waals surface area contributed by atoms with Crippen LogP contribution < -0.4 is 5.32 Å². The molecule has 2 rings (SSSR count). The molecule has 1 aliphatic heterocycles. The smallest absolute Gasteiger partial charge is 0.123 e. The molecule has 0 saturated heterocycles. The van der Waals surface area contributed by atoms with Crippen molar-refractivity contribution < 1.29 is 4.39 Å². The lowest BCUT2D eigenvalue weighted by atomic mass is 10.0. The topological polar surface area (TPSA) is 12.0 Å². The number of nitrogens with one attached hydrogen (secondary N) is 1. The average Bonchev–Trinajstić information content (AvgIpc) is 2.39. The van der Waals surface area contributed by atoms with Crippen molar-refractivity contribution in [3.05, 3.63) is 29.6 Å². The predicted molar refractivity (Wildman–Crippen MR) is 76.6 cm³/mol. The van der Waals surface area contributed by atoms with Gasteiger partial charge >= 0.3 is 0 Å². The standard InChI is InChI=1S/C15H22FNS/c1-2-3-4-5-9-17-14-8-10-18-15-7-6-12(16)11-13(14)15/h6-7,11,14,17H,2-5,8-10H2,1H3. The largest absolute Gasteiger partial charge is 0.310 e. The third-order valence-electron chi connectivity index (χ3n) is 3.43. The van der Waals surface area contributed by atoms with Crippen molar-refractivity contribution in [1.29, 1.82) is 0 Å². The van der Waals surface area contributed by atoms with E-state index in [1.807, 2.05) is 17.8 Å². The fourth-order valence-corrected chi connectivity index (χ4v) is 3.51. The minimum atomic E-state index is -0.117.